The molecule has 0 bridgehead atoms. The third-order valence-corrected chi connectivity index (χ3v) is 5.03. The van der Waals surface area contributed by atoms with Crippen LogP contribution in [-0.4, -0.2) is 37.0 Å². The molecular formula is C21H25N3O2. The van der Waals surface area contributed by atoms with Crippen molar-refractivity contribution in [3.05, 3.63) is 42.0 Å². The predicted molar refractivity (Wildman–Crippen MR) is 102 cm³/mol. The Hall–Kier alpha value is -2.58. The summed E-state index contributed by atoms with van der Waals surface area (Å²) in [5, 5.41) is 14.6. The summed E-state index contributed by atoms with van der Waals surface area (Å²) in [5.41, 5.74) is 0.494. The molecule has 1 amide bonds. The zero-order valence-electron chi connectivity index (χ0n) is 15.4. The van der Waals surface area contributed by atoms with Crippen molar-refractivity contribution in [2.24, 2.45) is 0 Å². The maximum Gasteiger partial charge on any atom is 0.235 e. The summed E-state index contributed by atoms with van der Waals surface area (Å²) >= 11 is 0. The first-order valence-electron chi connectivity index (χ1n) is 9.01. The minimum absolute atomic E-state index is 0.0820. The zero-order chi connectivity index (χ0) is 18.6. The number of likely N-dealkylation sites (N-methyl/N-ethyl adjacent to an activating group) is 1. The Morgan fingerprint density at radius 2 is 1.92 bits per heavy atom. The third kappa shape index (κ3) is 4.14. The number of rotatable bonds is 6. The van der Waals surface area contributed by atoms with Gasteiger partial charge in [0.15, 0.2) is 0 Å². The highest BCUT2D eigenvalue weighted by molar-refractivity contribution is 5.84. The number of nitriles is 1. The first-order chi connectivity index (χ1) is 12.5. The van der Waals surface area contributed by atoms with Crippen LogP contribution in [0.4, 0.5) is 0 Å². The summed E-state index contributed by atoms with van der Waals surface area (Å²) in [7, 11) is 3.59. The van der Waals surface area contributed by atoms with E-state index in [-0.39, 0.29) is 12.5 Å². The fourth-order valence-corrected chi connectivity index (χ4v) is 3.66. The molecule has 0 aliphatic heterocycles. The first kappa shape index (κ1) is 18.2. The second-order valence-electron chi connectivity index (χ2n) is 7.17. The summed E-state index contributed by atoms with van der Waals surface area (Å²) in [6.07, 6.45) is 3.53. The van der Waals surface area contributed by atoms with Gasteiger partial charge in [-0.1, -0.05) is 18.2 Å². The van der Waals surface area contributed by atoms with Gasteiger partial charge >= 0.3 is 0 Å². The number of ether oxygens (including phenoxy) is 1. The summed E-state index contributed by atoms with van der Waals surface area (Å²) < 4.78 is 5.26. The molecule has 2 aromatic rings. The fourth-order valence-electron chi connectivity index (χ4n) is 3.66. The number of nitrogens with one attached hydrogen (secondary N) is 1. The van der Waals surface area contributed by atoms with Crippen LogP contribution in [0.1, 0.15) is 31.2 Å². The molecule has 1 aliphatic rings. The van der Waals surface area contributed by atoms with E-state index in [1.165, 1.54) is 0 Å². The number of methoxy groups -OCH3 is 1. The summed E-state index contributed by atoms with van der Waals surface area (Å²) in [5.74, 6) is 0.763. The van der Waals surface area contributed by atoms with Crippen LogP contribution >= 0.6 is 0 Å². The predicted octanol–water partition coefficient (Wildman–Crippen LogP) is 3.23. The van der Waals surface area contributed by atoms with Gasteiger partial charge in [-0.3, -0.25) is 9.69 Å². The van der Waals surface area contributed by atoms with Crippen LogP contribution in [0.25, 0.3) is 10.8 Å². The molecule has 1 aliphatic carbocycles. The van der Waals surface area contributed by atoms with Crippen molar-refractivity contribution in [2.45, 2.75) is 37.8 Å². The van der Waals surface area contributed by atoms with E-state index >= 15 is 0 Å². The van der Waals surface area contributed by atoms with E-state index in [1.807, 2.05) is 30.1 Å². The number of carbonyl (C=O) groups excluding carboxylic acids is 1. The Morgan fingerprint density at radius 1 is 1.23 bits per heavy atom. The van der Waals surface area contributed by atoms with Gasteiger partial charge in [-0.25, -0.2) is 0 Å². The largest absolute Gasteiger partial charge is 0.497 e. The highest BCUT2D eigenvalue weighted by Gasteiger charge is 2.35. The number of hydrogen-bond donors (Lipinski definition) is 1. The zero-order valence-corrected chi connectivity index (χ0v) is 15.4. The van der Waals surface area contributed by atoms with Crippen LogP contribution in [0.5, 0.6) is 5.75 Å². The number of benzene rings is 2. The molecule has 136 valence electrons. The maximum atomic E-state index is 12.3. The van der Waals surface area contributed by atoms with Gasteiger partial charge in [-0.05, 0) is 67.3 Å². The van der Waals surface area contributed by atoms with E-state index in [2.05, 4.69) is 29.6 Å². The minimum atomic E-state index is -0.653. The van der Waals surface area contributed by atoms with E-state index in [1.54, 1.807) is 7.11 Å². The van der Waals surface area contributed by atoms with Crippen molar-refractivity contribution < 1.29 is 9.53 Å². The highest BCUT2D eigenvalue weighted by atomic mass is 16.5. The second kappa shape index (κ2) is 7.76. The number of nitrogens with zero attached hydrogens (tertiary/aromatic N) is 2. The van der Waals surface area contributed by atoms with Crippen LogP contribution in [0.3, 0.4) is 0 Å². The first-order valence-corrected chi connectivity index (χ1v) is 9.01. The van der Waals surface area contributed by atoms with Crippen molar-refractivity contribution >= 4 is 16.7 Å². The summed E-state index contributed by atoms with van der Waals surface area (Å²) in [6, 6.07) is 14.6. The average Bonchev–Trinajstić information content (AvgIpc) is 3.09. The van der Waals surface area contributed by atoms with Crippen LogP contribution in [-0.2, 0) is 11.3 Å². The molecule has 0 unspecified atom stereocenters. The maximum absolute atomic E-state index is 12.3. The molecule has 0 aromatic heterocycles. The lowest BCUT2D eigenvalue weighted by molar-refractivity contribution is -0.123. The van der Waals surface area contributed by atoms with E-state index in [9.17, 15) is 10.1 Å². The third-order valence-electron chi connectivity index (χ3n) is 5.03. The van der Waals surface area contributed by atoms with Gasteiger partial charge < -0.3 is 10.1 Å². The van der Waals surface area contributed by atoms with Crippen molar-refractivity contribution in [3.8, 4) is 11.8 Å². The SMILES string of the molecule is COc1ccc2cc(CN(C)CC(=O)NC3(C#N)CCCC3)ccc2c1. The molecule has 0 heterocycles. The van der Waals surface area contributed by atoms with Gasteiger partial charge in [-0.2, -0.15) is 5.26 Å². The van der Waals surface area contributed by atoms with Gasteiger partial charge in [0, 0.05) is 6.54 Å². The molecular weight excluding hydrogens is 326 g/mol. The lowest BCUT2D eigenvalue weighted by atomic mass is 10.00. The van der Waals surface area contributed by atoms with E-state index in [4.69, 9.17) is 4.74 Å². The molecule has 1 saturated carbocycles. The number of hydrogen-bond acceptors (Lipinski definition) is 4. The van der Waals surface area contributed by atoms with E-state index < -0.39 is 5.54 Å². The van der Waals surface area contributed by atoms with Gasteiger partial charge in [-0.15, -0.1) is 0 Å². The Balaban J connectivity index is 1.60. The molecule has 1 N–H and O–H groups in total. The van der Waals surface area contributed by atoms with E-state index in [0.717, 1.165) is 47.8 Å². The van der Waals surface area contributed by atoms with Gasteiger partial charge in [0.25, 0.3) is 0 Å². The minimum Gasteiger partial charge on any atom is -0.497 e. The Labute approximate surface area is 154 Å². The monoisotopic (exact) mass is 351 g/mol. The van der Waals surface area contributed by atoms with Crippen molar-refractivity contribution in [2.75, 3.05) is 20.7 Å². The van der Waals surface area contributed by atoms with Gasteiger partial charge in [0.1, 0.15) is 11.3 Å². The molecule has 0 saturated heterocycles. The molecule has 0 radical (unpaired) electrons. The molecule has 5 nitrogen and oxygen atoms in total. The fraction of sp³-hybridized carbons (Fsp3) is 0.429. The topological polar surface area (TPSA) is 65.4 Å². The van der Waals surface area contributed by atoms with Crippen LogP contribution < -0.4 is 10.1 Å². The lowest BCUT2D eigenvalue weighted by Crippen LogP contribution is -2.48. The van der Waals surface area contributed by atoms with Crippen molar-refractivity contribution in [3.63, 3.8) is 0 Å². The normalized spacial score (nSPS) is 15.8. The Morgan fingerprint density at radius 3 is 2.62 bits per heavy atom. The Kier molecular flexibility index (Phi) is 5.43. The standard InChI is InChI=1S/C21H25N3O2/c1-24(14-20(25)23-21(15-22)9-3-4-10-21)13-16-5-6-18-12-19(26-2)8-7-17(18)11-16/h5-8,11-12H,3-4,9-10,13-14H2,1-2H3,(H,23,25). The van der Waals surface area contributed by atoms with Crippen LogP contribution in [0, 0.1) is 11.3 Å². The van der Waals surface area contributed by atoms with Gasteiger partial charge in [0.2, 0.25) is 5.91 Å². The van der Waals surface area contributed by atoms with Crippen LogP contribution in [0.15, 0.2) is 36.4 Å². The summed E-state index contributed by atoms with van der Waals surface area (Å²) in [6.45, 7) is 0.957. The quantitative estimate of drug-likeness (QED) is 0.868. The van der Waals surface area contributed by atoms with Crippen molar-refractivity contribution in [1.82, 2.24) is 10.2 Å². The molecule has 3 rings (SSSR count). The summed E-state index contributed by atoms with van der Waals surface area (Å²) in [4.78, 5) is 14.3. The lowest BCUT2D eigenvalue weighted by Gasteiger charge is -2.24. The molecule has 5 heteroatoms. The highest BCUT2D eigenvalue weighted by Crippen LogP contribution is 2.28. The van der Waals surface area contributed by atoms with Gasteiger partial charge in [0.05, 0.1) is 19.7 Å². The van der Waals surface area contributed by atoms with Crippen LogP contribution in [0.2, 0.25) is 0 Å². The number of amides is 1. The number of carbonyl (C=O) groups is 1. The molecule has 0 atom stereocenters. The molecule has 0 spiro atoms. The molecule has 1 fully saturated rings. The number of fused-ring (bicyclic) bond motifs is 1. The van der Waals surface area contributed by atoms with Crippen molar-refractivity contribution in [1.29, 1.82) is 5.26 Å². The van der Waals surface area contributed by atoms with E-state index in [0.29, 0.717) is 6.54 Å². The smallest absolute Gasteiger partial charge is 0.235 e. The molecule has 26 heavy (non-hydrogen) atoms. The molecule has 2 aromatic carbocycles. The average molecular weight is 351 g/mol. The Bertz CT molecular complexity index is 835. The second-order valence-corrected chi connectivity index (χ2v) is 7.17.